The summed E-state index contributed by atoms with van der Waals surface area (Å²) in [6.45, 7) is 5.87. The highest BCUT2D eigenvalue weighted by atomic mass is 15.0. The minimum Gasteiger partial charge on any atom is -0.346 e. The monoisotopic (exact) mass is 148 g/mol. The Labute approximate surface area is 67.0 Å². The van der Waals surface area contributed by atoms with Gasteiger partial charge in [-0.2, -0.15) is 0 Å². The van der Waals surface area contributed by atoms with Crippen LogP contribution < -0.4 is 5.32 Å². The Morgan fingerprint density at radius 1 is 1.45 bits per heavy atom. The number of nitrogens with one attached hydrogen (secondary N) is 1. The van der Waals surface area contributed by atoms with Gasteiger partial charge in [-0.15, -0.1) is 0 Å². The second-order valence-electron chi connectivity index (χ2n) is 2.46. The fourth-order valence-corrected chi connectivity index (χ4v) is 0.842. The summed E-state index contributed by atoms with van der Waals surface area (Å²) in [5.41, 5.74) is 2.09. The Bertz CT molecular complexity index is 257. The largest absolute Gasteiger partial charge is 0.346 e. The molecule has 0 amide bonds. The molecule has 0 spiro atoms. The van der Waals surface area contributed by atoms with Crippen LogP contribution in [0.2, 0.25) is 0 Å². The summed E-state index contributed by atoms with van der Waals surface area (Å²) in [5, 5.41) is 3.06. The van der Waals surface area contributed by atoms with Gasteiger partial charge in [0.25, 0.3) is 0 Å². The average molecular weight is 148 g/mol. The molecular weight excluding hydrogens is 136 g/mol. The van der Waals surface area contributed by atoms with Crippen LogP contribution in [0.1, 0.15) is 6.92 Å². The van der Waals surface area contributed by atoms with Crippen LogP contribution in [-0.4, -0.2) is 12.9 Å². The van der Waals surface area contributed by atoms with Crippen LogP contribution in [0.5, 0.6) is 0 Å². The third kappa shape index (κ3) is 1.80. The molecular formula is C9H12N2. The molecule has 2 nitrogen and oxygen atoms in total. The second kappa shape index (κ2) is 3.19. The van der Waals surface area contributed by atoms with Crippen molar-refractivity contribution in [3.05, 3.63) is 36.1 Å². The Morgan fingerprint density at radius 2 is 2.18 bits per heavy atom. The van der Waals surface area contributed by atoms with Crippen molar-refractivity contribution in [2.24, 2.45) is 4.99 Å². The zero-order valence-electron chi connectivity index (χ0n) is 6.89. The minimum absolute atomic E-state index is 0.832. The van der Waals surface area contributed by atoms with Crippen LogP contribution in [0.3, 0.4) is 0 Å². The SMILES string of the molecule is C=C1C=CC(C)=CNC1=NC. The zero-order chi connectivity index (χ0) is 8.27. The molecule has 0 radical (unpaired) electrons. The highest BCUT2D eigenvalue weighted by Crippen LogP contribution is 2.04. The summed E-state index contributed by atoms with van der Waals surface area (Å²) in [5.74, 6) is 0.832. The standard InChI is InChI=1S/C9H12N2/c1-7-4-5-8(2)9(10-3)11-6-7/h4-6H,2H2,1,3H3,(H,10,11). The first-order valence-electron chi connectivity index (χ1n) is 3.51. The number of aliphatic imine (C=N–C) groups is 1. The maximum absolute atomic E-state index is 4.03. The molecule has 11 heavy (non-hydrogen) atoms. The van der Waals surface area contributed by atoms with Crippen molar-refractivity contribution < 1.29 is 0 Å². The van der Waals surface area contributed by atoms with Crippen molar-refractivity contribution in [1.82, 2.24) is 5.32 Å². The van der Waals surface area contributed by atoms with Crippen LogP contribution in [0.15, 0.2) is 41.1 Å². The Kier molecular flexibility index (Phi) is 2.26. The normalized spacial score (nSPS) is 21.1. The smallest absolute Gasteiger partial charge is 0.131 e. The molecule has 0 aromatic heterocycles. The molecule has 0 unspecified atom stereocenters. The van der Waals surface area contributed by atoms with Crippen molar-refractivity contribution in [1.29, 1.82) is 0 Å². The molecule has 0 bridgehead atoms. The van der Waals surface area contributed by atoms with Gasteiger partial charge in [-0.05, 0) is 12.5 Å². The topological polar surface area (TPSA) is 24.4 Å². The lowest BCUT2D eigenvalue weighted by Crippen LogP contribution is -2.17. The van der Waals surface area contributed by atoms with Crippen molar-refractivity contribution in [3.63, 3.8) is 0 Å². The molecule has 1 aliphatic rings. The summed E-state index contributed by atoms with van der Waals surface area (Å²) in [7, 11) is 1.75. The summed E-state index contributed by atoms with van der Waals surface area (Å²) in [6.07, 6.45) is 5.87. The van der Waals surface area contributed by atoms with E-state index < -0.39 is 0 Å². The number of amidine groups is 1. The first kappa shape index (κ1) is 7.79. The van der Waals surface area contributed by atoms with Gasteiger partial charge >= 0.3 is 0 Å². The second-order valence-corrected chi connectivity index (χ2v) is 2.46. The molecule has 0 atom stereocenters. The van der Waals surface area contributed by atoms with E-state index in [1.165, 1.54) is 5.57 Å². The molecule has 58 valence electrons. The zero-order valence-corrected chi connectivity index (χ0v) is 6.89. The predicted molar refractivity (Wildman–Crippen MR) is 48.5 cm³/mol. The van der Waals surface area contributed by atoms with Gasteiger partial charge in [0.05, 0.1) is 0 Å². The first-order chi connectivity index (χ1) is 5.24. The maximum Gasteiger partial charge on any atom is 0.131 e. The molecule has 0 saturated heterocycles. The Balaban J connectivity index is 2.92. The summed E-state index contributed by atoms with van der Waals surface area (Å²) < 4.78 is 0. The Hall–Kier alpha value is -1.31. The van der Waals surface area contributed by atoms with Crippen LogP contribution in [0.25, 0.3) is 0 Å². The highest BCUT2D eigenvalue weighted by Gasteiger charge is 2.00. The van der Waals surface area contributed by atoms with Crippen LogP contribution in [0, 0.1) is 0 Å². The molecule has 1 aliphatic heterocycles. The summed E-state index contributed by atoms with van der Waals surface area (Å²) >= 11 is 0. The summed E-state index contributed by atoms with van der Waals surface area (Å²) in [4.78, 5) is 4.03. The third-order valence-corrected chi connectivity index (χ3v) is 1.51. The van der Waals surface area contributed by atoms with Gasteiger partial charge in [0.1, 0.15) is 5.84 Å². The Morgan fingerprint density at radius 3 is 2.82 bits per heavy atom. The number of allylic oxidation sites excluding steroid dienone is 2. The molecule has 1 heterocycles. The molecule has 1 N–H and O–H groups in total. The lowest BCUT2D eigenvalue weighted by molar-refractivity contribution is 1.21. The molecule has 0 aromatic rings. The van der Waals surface area contributed by atoms with Crippen molar-refractivity contribution in [2.45, 2.75) is 6.92 Å². The maximum atomic E-state index is 4.03. The molecule has 1 rings (SSSR count). The minimum atomic E-state index is 0.832. The van der Waals surface area contributed by atoms with Crippen LogP contribution in [-0.2, 0) is 0 Å². The molecule has 0 aliphatic carbocycles. The first-order valence-corrected chi connectivity index (χ1v) is 3.51. The molecule has 0 aromatic carbocycles. The van der Waals surface area contributed by atoms with Gasteiger partial charge in [0.15, 0.2) is 0 Å². The van der Waals surface area contributed by atoms with Crippen molar-refractivity contribution in [3.8, 4) is 0 Å². The number of nitrogens with zero attached hydrogens (tertiary/aromatic N) is 1. The van der Waals surface area contributed by atoms with Gasteiger partial charge in [-0.1, -0.05) is 18.7 Å². The quantitative estimate of drug-likeness (QED) is 0.554. The van der Waals surface area contributed by atoms with Gasteiger partial charge in [0.2, 0.25) is 0 Å². The lowest BCUT2D eigenvalue weighted by atomic mass is 10.2. The lowest BCUT2D eigenvalue weighted by Gasteiger charge is -2.01. The van der Waals surface area contributed by atoms with E-state index in [1.54, 1.807) is 7.05 Å². The van der Waals surface area contributed by atoms with Crippen molar-refractivity contribution in [2.75, 3.05) is 7.05 Å². The highest BCUT2D eigenvalue weighted by molar-refractivity contribution is 6.01. The van der Waals surface area contributed by atoms with E-state index in [2.05, 4.69) is 16.9 Å². The fourth-order valence-electron chi connectivity index (χ4n) is 0.842. The van der Waals surface area contributed by atoms with Crippen LogP contribution in [0.4, 0.5) is 0 Å². The predicted octanol–water partition coefficient (Wildman–Crippen LogP) is 1.63. The van der Waals surface area contributed by atoms with Gasteiger partial charge in [-0.25, -0.2) is 0 Å². The molecule has 0 fully saturated rings. The average Bonchev–Trinajstić information content (AvgIpc) is 2.15. The van der Waals surface area contributed by atoms with Gasteiger partial charge < -0.3 is 5.32 Å². The van der Waals surface area contributed by atoms with E-state index in [9.17, 15) is 0 Å². The van der Waals surface area contributed by atoms with Crippen LogP contribution >= 0.6 is 0 Å². The fraction of sp³-hybridized carbons (Fsp3) is 0.222. The van der Waals surface area contributed by atoms with E-state index in [1.807, 2.05) is 25.3 Å². The van der Waals surface area contributed by atoms with E-state index in [4.69, 9.17) is 0 Å². The molecule has 0 saturated carbocycles. The van der Waals surface area contributed by atoms with Gasteiger partial charge in [-0.3, -0.25) is 4.99 Å². The van der Waals surface area contributed by atoms with E-state index >= 15 is 0 Å². The summed E-state index contributed by atoms with van der Waals surface area (Å²) in [6, 6.07) is 0. The third-order valence-electron chi connectivity index (χ3n) is 1.51. The number of rotatable bonds is 0. The van der Waals surface area contributed by atoms with Gasteiger partial charge in [0, 0.05) is 18.8 Å². The van der Waals surface area contributed by atoms with E-state index in [0.717, 1.165) is 11.4 Å². The molecule has 2 heteroatoms. The van der Waals surface area contributed by atoms with E-state index in [-0.39, 0.29) is 0 Å². The van der Waals surface area contributed by atoms with Crippen molar-refractivity contribution >= 4 is 5.84 Å². The van der Waals surface area contributed by atoms with E-state index in [0.29, 0.717) is 0 Å². The number of hydrogen-bond acceptors (Lipinski definition) is 1. The number of hydrogen-bond donors (Lipinski definition) is 1.